The van der Waals surface area contributed by atoms with E-state index >= 15 is 0 Å². The van der Waals surface area contributed by atoms with Crippen LogP contribution >= 0.6 is 0 Å². The summed E-state index contributed by atoms with van der Waals surface area (Å²) in [6.07, 6.45) is 2.23. The summed E-state index contributed by atoms with van der Waals surface area (Å²) in [5, 5.41) is 9.17. The number of primary amides is 1. The van der Waals surface area contributed by atoms with Crippen LogP contribution in [0, 0.1) is 11.8 Å². The predicted molar refractivity (Wildman–Crippen MR) is 73.7 cm³/mol. The van der Waals surface area contributed by atoms with Crippen LogP contribution in [0.25, 0.3) is 0 Å². The average Bonchev–Trinajstić information content (AvgIpc) is 3.03. The zero-order valence-corrected chi connectivity index (χ0v) is 11.5. The molecule has 1 unspecified atom stereocenters. The Morgan fingerprint density at radius 3 is 2.80 bits per heavy atom. The Labute approximate surface area is 118 Å². The Morgan fingerprint density at radius 2 is 2.25 bits per heavy atom. The summed E-state index contributed by atoms with van der Waals surface area (Å²) in [7, 11) is 0.235. The van der Waals surface area contributed by atoms with Crippen LogP contribution in [0.3, 0.4) is 0 Å². The monoisotopic (exact) mass is 283 g/mol. The molecular weight excluding hydrogens is 261 g/mol. The highest BCUT2D eigenvalue weighted by Gasteiger charge is 2.48. The number of aliphatic hydroxyl groups is 1. The molecule has 1 heterocycles. The third-order valence-electron chi connectivity index (χ3n) is 4.33. The van der Waals surface area contributed by atoms with Gasteiger partial charge in [0.25, 0.3) is 7.48 Å². The van der Waals surface area contributed by atoms with Crippen LogP contribution in [0.5, 0.6) is 0 Å². The summed E-state index contributed by atoms with van der Waals surface area (Å²) < 4.78 is 5.20. The molecule has 4 atom stereocenters. The Morgan fingerprint density at radius 1 is 1.50 bits per heavy atom. The number of likely N-dealkylation sites (tertiary alicyclic amines) is 1. The van der Waals surface area contributed by atoms with Crippen molar-refractivity contribution in [2.45, 2.75) is 31.1 Å². The van der Waals surface area contributed by atoms with Crippen LogP contribution in [0.2, 0.25) is 5.82 Å². The molecule has 1 aliphatic heterocycles. The van der Waals surface area contributed by atoms with E-state index in [2.05, 4.69) is 0 Å². The summed E-state index contributed by atoms with van der Waals surface area (Å²) >= 11 is 0. The zero-order chi connectivity index (χ0) is 14.7. The van der Waals surface area contributed by atoms with Gasteiger partial charge in [-0.05, 0) is 31.1 Å². The smallest absolute Gasteiger partial charge is 0.289 e. The Hall–Kier alpha value is -1.12. The van der Waals surface area contributed by atoms with Gasteiger partial charge in [0.1, 0.15) is 6.04 Å². The quantitative estimate of drug-likeness (QED) is 0.375. The molecule has 0 bridgehead atoms. The van der Waals surface area contributed by atoms with E-state index in [0.29, 0.717) is 13.0 Å². The van der Waals surface area contributed by atoms with Crippen molar-refractivity contribution in [1.82, 2.24) is 4.90 Å². The molecule has 5 N–H and O–H groups in total. The third-order valence-corrected chi connectivity index (χ3v) is 4.33. The van der Waals surface area contributed by atoms with E-state index in [4.69, 9.17) is 16.1 Å². The number of aliphatic hydroxyl groups excluding tert-OH is 1. The molecule has 2 aliphatic rings. The van der Waals surface area contributed by atoms with Crippen molar-refractivity contribution in [2.75, 3.05) is 19.9 Å². The summed E-state index contributed by atoms with van der Waals surface area (Å²) in [6.45, 7) is 0.692. The maximum absolute atomic E-state index is 12.6. The first-order chi connectivity index (χ1) is 9.60. The zero-order valence-electron chi connectivity index (χ0n) is 11.5. The van der Waals surface area contributed by atoms with Gasteiger partial charge in [0.2, 0.25) is 11.8 Å². The number of hydrogen-bond acceptors (Lipinski definition) is 5. The van der Waals surface area contributed by atoms with E-state index in [1.807, 2.05) is 0 Å². The molecule has 1 aliphatic carbocycles. The summed E-state index contributed by atoms with van der Waals surface area (Å²) in [4.78, 5) is 25.6. The van der Waals surface area contributed by atoms with Crippen LogP contribution < -0.4 is 11.5 Å². The van der Waals surface area contributed by atoms with E-state index < -0.39 is 11.9 Å². The molecule has 112 valence electrons. The lowest BCUT2D eigenvalue weighted by atomic mass is 9.74. The number of rotatable bonds is 7. The summed E-state index contributed by atoms with van der Waals surface area (Å²) in [6, 6.07) is -0.505. The fourth-order valence-electron chi connectivity index (χ4n) is 3.09. The van der Waals surface area contributed by atoms with Crippen LogP contribution in [-0.2, 0) is 14.2 Å². The molecule has 2 rings (SSSR count). The molecule has 1 saturated heterocycles. The molecule has 0 radical (unpaired) electrons. The lowest BCUT2D eigenvalue weighted by Crippen LogP contribution is -2.46. The maximum Gasteiger partial charge on any atom is 0.289 e. The van der Waals surface area contributed by atoms with Crippen molar-refractivity contribution in [1.29, 1.82) is 0 Å². The second-order valence-electron chi connectivity index (χ2n) is 5.58. The minimum Gasteiger partial charge on any atom is -0.427 e. The van der Waals surface area contributed by atoms with E-state index in [-0.39, 0.29) is 44.4 Å². The number of hydrogen-bond donors (Lipinski definition) is 3. The van der Waals surface area contributed by atoms with E-state index in [0.717, 1.165) is 12.8 Å². The first-order valence-corrected chi connectivity index (χ1v) is 7.08. The van der Waals surface area contributed by atoms with Gasteiger partial charge in [-0.3, -0.25) is 9.59 Å². The molecule has 8 heteroatoms. The third kappa shape index (κ3) is 3.13. The first kappa shape index (κ1) is 15.3. The second-order valence-corrected chi connectivity index (χ2v) is 5.58. The van der Waals surface area contributed by atoms with Gasteiger partial charge in [-0.25, -0.2) is 0 Å². The molecule has 0 spiro atoms. The Balaban J connectivity index is 2.04. The Bertz CT molecular complexity index is 382. The van der Waals surface area contributed by atoms with Gasteiger partial charge >= 0.3 is 0 Å². The van der Waals surface area contributed by atoms with Crippen LogP contribution in [0.4, 0.5) is 0 Å². The first-order valence-electron chi connectivity index (χ1n) is 7.08. The van der Waals surface area contributed by atoms with Gasteiger partial charge in [-0.1, -0.05) is 0 Å². The minimum atomic E-state index is -0.505. The van der Waals surface area contributed by atoms with Crippen molar-refractivity contribution < 1.29 is 19.3 Å². The highest BCUT2D eigenvalue weighted by Crippen LogP contribution is 2.47. The lowest BCUT2D eigenvalue weighted by molar-refractivity contribution is -0.137. The van der Waals surface area contributed by atoms with Gasteiger partial charge in [0.15, 0.2) is 0 Å². The topological polar surface area (TPSA) is 119 Å². The minimum absolute atomic E-state index is 0.0551. The van der Waals surface area contributed by atoms with Crippen molar-refractivity contribution in [3.63, 3.8) is 0 Å². The van der Waals surface area contributed by atoms with E-state index in [9.17, 15) is 14.7 Å². The molecule has 20 heavy (non-hydrogen) atoms. The molecular formula is C12H22BN3O4. The average molecular weight is 283 g/mol. The molecule has 2 fully saturated rings. The largest absolute Gasteiger partial charge is 0.427 e. The normalized spacial score (nSPS) is 30.1. The summed E-state index contributed by atoms with van der Waals surface area (Å²) in [5.74, 6) is -0.617. The molecule has 2 amide bonds. The van der Waals surface area contributed by atoms with Gasteiger partial charge in [-0.15, -0.1) is 0 Å². The highest BCUT2D eigenvalue weighted by molar-refractivity contribution is 6.38. The Kier molecular flexibility index (Phi) is 5.01. The standard InChI is InChI=1S/C12H22BN3O4/c14-6-20-13-10(8-4-7(8)5-17)12(19)16-3-1-2-9(16)11(15)18/h7-10,13,17H,1-6,14H2,(H2,15,18)/t7-,8+,9?,10+/m1/s1. The van der Waals surface area contributed by atoms with Crippen LogP contribution in [-0.4, -0.2) is 55.2 Å². The van der Waals surface area contributed by atoms with Crippen LogP contribution in [0.1, 0.15) is 19.3 Å². The van der Waals surface area contributed by atoms with Gasteiger partial charge in [-0.2, -0.15) is 0 Å². The van der Waals surface area contributed by atoms with Crippen molar-refractivity contribution in [3.8, 4) is 0 Å². The second kappa shape index (κ2) is 6.56. The predicted octanol–water partition coefficient (Wildman–Crippen LogP) is -1.84. The number of carbonyl (C=O) groups is 2. The summed E-state index contributed by atoms with van der Waals surface area (Å²) in [5.41, 5.74) is 10.7. The molecule has 1 saturated carbocycles. The number of nitrogens with two attached hydrogens (primary N) is 2. The van der Waals surface area contributed by atoms with Crippen molar-refractivity contribution in [2.24, 2.45) is 23.3 Å². The van der Waals surface area contributed by atoms with Gasteiger partial charge in [0, 0.05) is 19.0 Å². The maximum atomic E-state index is 12.6. The lowest BCUT2D eigenvalue weighted by Gasteiger charge is -2.27. The SMILES string of the molecule is NCOB[C@H](C(=O)N1CCCC1C(N)=O)[C@H]1C[C@@H]1CO. The fourth-order valence-corrected chi connectivity index (χ4v) is 3.09. The van der Waals surface area contributed by atoms with Crippen molar-refractivity contribution >= 4 is 19.3 Å². The molecule has 0 aromatic heterocycles. The highest BCUT2D eigenvalue weighted by atomic mass is 16.4. The van der Waals surface area contributed by atoms with Crippen molar-refractivity contribution in [3.05, 3.63) is 0 Å². The van der Waals surface area contributed by atoms with E-state index in [1.165, 1.54) is 0 Å². The molecule has 0 aromatic rings. The molecule has 0 aromatic carbocycles. The number of amides is 2. The number of nitrogens with zero attached hydrogens (tertiary/aromatic N) is 1. The van der Waals surface area contributed by atoms with E-state index in [1.54, 1.807) is 4.90 Å². The molecule has 7 nitrogen and oxygen atoms in total. The van der Waals surface area contributed by atoms with Gasteiger partial charge in [0.05, 0.1) is 6.73 Å². The fraction of sp³-hybridized carbons (Fsp3) is 0.833. The van der Waals surface area contributed by atoms with Crippen LogP contribution in [0.15, 0.2) is 0 Å². The van der Waals surface area contributed by atoms with Gasteiger partial charge < -0.3 is 26.1 Å². The number of carbonyl (C=O) groups excluding carboxylic acids is 2.